The van der Waals surface area contributed by atoms with E-state index < -0.39 is 16.1 Å². The van der Waals surface area contributed by atoms with E-state index in [1.165, 1.54) is 17.4 Å². The van der Waals surface area contributed by atoms with Crippen molar-refractivity contribution >= 4 is 49.5 Å². The highest BCUT2D eigenvalue weighted by Crippen LogP contribution is 2.37. The van der Waals surface area contributed by atoms with Gasteiger partial charge in [-0.3, -0.25) is 9.18 Å². The summed E-state index contributed by atoms with van der Waals surface area (Å²) in [5.41, 5.74) is 2.69. The number of likely N-dealkylation sites (tertiary alicyclic amines) is 1. The van der Waals surface area contributed by atoms with Crippen molar-refractivity contribution < 1.29 is 22.4 Å². The molecule has 0 spiro atoms. The quantitative estimate of drug-likeness (QED) is 0.332. The van der Waals surface area contributed by atoms with Crippen molar-refractivity contribution in [2.75, 3.05) is 31.6 Å². The van der Waals surface area contributed by atoms with Crippen LogP contribution in [-0.4, -0.2) is 62.8 Å². The van der Waals surface area contributed by atoms with Crippen molar-refractivity contribution in [1.82, 2.24) is 14.6 Å². The van der Waals surface area contributed by atoms with Gasteiger partial charge in [-0.1, -0.05) is 32.0 Å². The third kappa shape index (κ3) is 6.79. The van der Waals surface area contributed by atoms with Crippen LogP contribution < -0.4 is 10.0 Å². The Morgan fingerprint density at radius 3 is 2.73 bits per heavy atom. The second-order valence-corrected chi connectivity index (χ2v) is 14.7. The van der Waals surface area contributed by atoms with Crippen LogP contribution in [0.1, 0.15) is 49.2 Å². The van der Waals surface area contributed by atoms with Gasteiger partial charge in [0.15, 0.2) is 0 Å². The molecule has 0 aliphatic carbocycles. The Bertz CT molecular complexity index is 1500. The van der Waals surface area contributed by atoms with Gasteiger partial charge in [0.2, 0.25) is 15.9 Å². The number of nitrogens with zero attached hydrogens (tertiary/aromatic N) is 2. The first kappa shape index (κ1) is 29.6. The lowest BCUT2D eigenvalue weighted by Gasteiger charge is -2.35. The summed E-state index contributed by atoms with van der Waals surface area (Å²) >= 11 is 1.44. The number of benzene rings is 2. The van der Waals surface area contributed by atoms with Crippen LogP contribution in [0.5, 0.6) is 0 Å². The Morgan fingerprint density at radius 1 is 1.27 bits per heavy atom. The lowest BCUT2D eigenvalue weighted by molar-refractivity contribution is -0.134. The van der Waals surface area contributed by atoms with Crippen molar-refractivity contribution in [3.63, 3.8) is 0 Å². The molecule has 8 nitrogen and oxygen atoms in total. The number of carbonyl (C=O) groups is 2. The number of sulfonamides is 1. The fraction of sp³-hybridized carbons (Fsp3) is 0.500. The van der Waals surface area contributed by atoms with Crippen LogP contribution in [-0.2, 0) is 38.9 Å². The number of piperidine rings is 1. The monoisotopic (exact) mass is 600 g/mol. The molecule has 1 aromatic heterocycles. The van der Waals surface area contributed by atoms with Gasteiger partial charge in [0.25, 0.3) is 0 Å². The molecular formula is C30H37FN4O4S2. The maximum Gasteiger partial charge on any atom is 0.243 e. The van der Waals surface area contributed by atoms with Gasteiger partial charge in [-0.2, -0.15) is 4.72 Å². The SMILES string of the molecule is CC1(C)CNc2c(cc(CC=O)cc2S(=O)(=O)N[C@@H](Cc2nc3ccccc3s2)C(=O)N2CCC(CCF)CC2)C1. The van der Waals surface area contributed by atoms with Crippen molar-refractivity contribution in [2.24, 2.45) is 11.3 Å². The van der Waals surface area contributed by atoms with E-state index in [1.807, 2.05) is 30.3 Å². The lowest BCUT2D eigenvalue weighted by Crippen LogP contribution is -2.51. The van der Waals surface area contributed by atoms with Crippen LogP contribution in [0, 0.1) is 11.3 Å². The Balaban J connectivity index is 1.47. The van der Waals surface area contributed by atoms with Gasteiger partial charge in [-0.05, 0) is 66.3 Å². The van der Waals surface area contributed by atoms with E-state index in [9.17, 15) is 22.4 Å². The zero-order valence-corrected chi connectivity index (χ0v) is 25.1. The Morgan fingerprint density at radius 2 is 2.02 bits per heavy atom. The normalized spacial score (nSPS) is 18.1. The minimum atomic E-state index is -4.18. The number of anilines is 1. The number of hydrogen-bond donors (Lipinski definition) is 2. The van der Waals surface area contributed by atoms with E-state index >= 15 is 0 Å². The summed E-state index contributed by atoms with van der Waals surface area (Å²) in [7, 11) is -4.18. The molecule has 5 rings (SSSR count). The van der Waals surface area contributed by atoms with E-state index in [0.717, 1.165) is 22.1 Å². The van der Waals surface area contributed by atoms with Crippen LogP contribution in [0.3, 0.4) is 0 Å². The molecule has 1 amide bonds. The Kier molecular flexibility index (Phi) is 8.77. The molecule has 0 bridgehead atoms. The van der Waals surface area contributed by atoms with Crippen molar-refractivity contribution in [2.45, 2.75) is 63.3 Å². The highest BCUT2D eigenvalue weighted by Gasteiger charge is 2.35. The van der Waals surface area contributed by atoms with E-state index in [1.54, 1.807) is 4.90 Å². The number of rotatable bonds is 10. The van der Waals surface area contributed by atoms with Gasteiger partial charge in [0, 0.05) is 32.5 Å². The minimum absolute atomic E-state index is 0.0473. The molecule has 2 aliphatic rings. The number of nitrogens with one attached hydrogen (secondary N) is 2. The van der Waals surface area contributed by atoms with Gasteiger partial charge >= 0.3 is 0 Å². The molecule has 3 heterocycles. The number of hydrogen-bond acceptors (Lipinski definition) is 7. The summed E-state index contributed by atoms with van der Waals surface area (Å²) in [6, 6.07) is 10.0. The fourth-order valence-electron chi connectivity index (χ4n) is 5.84. The number of para-hydroxylation sites is 1. The minimum Gasteiger partial charge on any atom is -0.383 e. The van der Waals surface area contributed by atoms with Crippen molar-refractivity contribution in [3.8, 4) is 0 Å². The third-order valence-corrected chi connectivity index (χ3v) is 10.6. The first-order chi connectivity index (χ1) is 19.6. The number of fused-ring (bicyclic) bond motifs is 2. The Labute approximate surface area is 244 Å². The van der Waals surface area contributed by atoms with Gasteiger partial charge in [0.05, 0.1) is 27.6 Å². The number of carbonyl (C=O) groups excluding carboxylic acids is 2. The maximum atomic E-state index is 14.1. The number of aldehydes is 1. The molecule has 2 aliphatic heterocycles. The number of aromatic nitrogens is 1. The highest BCUT2D eigenvalue weighted by atomic mass is 32.2. The van der Waals surface area contributed by atoms with Gasteiger partial charge in [-0.25, -0.2) is 13.4 Å². The van der Waals surface area contributed by atoms with Crippen molar-refractivity contribution in [1.29, 1.82) is 0 Å². The number of amides is 1. The number of alkyl halides is 1. The molecule has 3 aromatic rings. The molecule has 0 unspecified atom stereocenters. The predicted octanol–water partition coefficient (Wildman–Crippen LogP) is 4.52. The maximum absolute atomic E-state index is 14.1. The van der Waals surface area contributed by atoms with Crippen LogP contribution in [0.4, 0.5) is 10.1 Å². The average Bonchev–Trinajstić information content (AvgIpc) is 3.34. The molecule has 1 fully saturated rings. The second-order valence-electron chi connectivity index (χ2n) is 11.9. The Hall–Kier alpha value is -2.89. The zero-order valence-electron chi connectivity index (χ0n) is 23.5. The first-order valence-electron chi connectivity index (χ1n) is 14.1. The van der Waals surface area contributed by atoms with Gasteiger partial charge in [0.1, 0.15) is 17.2 Å². The molecule has 2 N–H and O–H groups in total. The summed E-state index contributed by atoms with van der Waals surface area (Å²) in [5, 5.41) is 3.97. The van der Waals surface area contributed by atoms with E-state index in [-0.39, 0.29) is 41.7 Å². The molecule has 1 saturated heterocycles. The lowest BCUT2D eigenvalue weighted by atomic mass is 9.81. The molecule has 11 heteroatoms. The average molecular weight is 601 g/mol. The van der Waals surface area contributed by atoms with E-state index in [0.29, 0.717) is 61.6 Å². The van der Waals surface area contributed by atoms with Gasteiger partial charge < -0.3 is 15.0 Å². The smallest absolute Gasteiger partial charge is 0.243 e. The molecule has 0 saturated carbocycles. The molecule has 41 heavy (non-hydrogen) atoms. The van der Waals surface area contributed by atoms with E-state index in [4.69, 9.17) is 0 Å². The molecular weight excluding hydrogens is 563 g/mol. The zero-order chi connectivity index (χ0) is 29.2. The molecule has 0 radical (unpaired) electrons. The summed E-state index contributed by atoms with van der Waals surface area (Å²) in [6.45, 7) is 5.34. The predicted molar refractivity (Wildman–Crippen MR) is 160 cm³/mol. The molecule has 2 aromatic carbocycles. The van der Waals surface area contributed by atoms with E-state index in [2.05, 4.69) is 28.9 Å². The summed E-state index contributed by atoms with van der Waals surface area (Å²) in [4.78, 5) is 31.6. The first-order valence-corrected chi connectivity index (χ1v) is 16.4. The second kappa shape index (κ2) is 12.1. The fourth-order valence-corrected chi connectivity index (χ4v) is 8.31. The molecule has 220 valence electrons. The number of thiazole rings is 1. The summed E-state index contributed by atoms with van der Waals surface area (Å²) < 4.78 is 44.7. The van der Waals surface area contributed by atoms with Crippen LogP contribution in [0.2, 0.25) is 0 Å². The highest BCUT2D eigenvalue weighted by molar-refractivity contribution is 7.89. The number of halogens is 1. The summed E-state index contributed by atoms with van der Waals surface area (Å²) in [5.74, 6) is -0.0793. The van der Waals surface area contributed by atoms with Crippen molar-refractivity contribution in [3.05, 3.63) is 52.5 Å². The largest absolute Gasteiger partial charge is 0.383 e. The summed E-state index contributed by atoms with van der Waals surface area (Å²) in [6.07, 6.45) is 3.49. The van der Waals surface area contributed by atoms with Crippen LogP contribution >= 0.6 is 11.3 Å². The van der Waals surface area contributed by atoms with Crippen LogP contribution in [0.15, 0.2) is 41.3 Å². The van der Waals surface area contributed by atoms with Crippen LogP contribution in [0.25, 0.3) is 10.2 Å². The molecule has 1 atom stereocenters. The standard InChI is InChI=1S/C30H37FN4O4S2/c1-30(2)18-22-15-21(10-14-36)16-26(28(22)32-19-30)41(38,39)34-24(17-27-33-23-5-3-4-6-25(23)40-27)29(37)35-12-8-20(7-11-31)9-13-35/h3-6,14-16,20,24,32,34H,7-13,17-19H2,1-2H3/t24-/m0/s1. The topological polar surface area (TPSA) is 108 Å². The third-order valence-electron chi connectivity index (χ3n) is 8.02. The van der Waals surface area contributed by atoms with Gasteiger partial charge in [-0.15, -0.1) is 11.3 Å².